The average Bonchev–Trinajstić information content (AvgIpc) is 2.96. The number of nitrogens with zero attached hydrogens (tertiary/aromatic N) is 4. The molecule has 0 saturated heterocycles. The second kappa shape index (κ2) is 5.65. The maximum Gasteiger partial charge on any atom is 0.184 e. The molecule has 0 radical (unpaired) electrons. The molecule has 0 fully saturated rings. The van der Waals surface area contributed by atoms with Gasteiger partial charge in [-0.3, -0.25) is 0 Å². The van der Waals surface area contributed by atoms with Gasteiger partial charge < -0.3 is 5.73 Å². The van der Waals surface area contributed by atoms with E-state index in [1.165, 1.54) is 0 Å². The first kappa shape index (κ1) is 13.8. The Balaban J connectivity index is 2.05. The molecule has 2 aromatic carbocycles. The zero-order valence-corrected chi connectivity index (χ0v) is 13.0. The number of aromatic nitrogens is 4. The highest BCUT2D eigenvalue weighted by Crippen LogP contribution is 2.28. The normalized spacial score (nSPS) is 12.3. The van der Waals surface area contributed by atoms with Crippen molar-refractivity contribution < 1.29 is 0 Å². The summed E-state index contributed by atoms with van der Waals surface area (Å²) in [6, 6.07) is 15.7. The minimum Gasteiger partial charge on any atom is -0.398 e. The minimum atomic E-state index is 0.00658. The number of rotatable bonds is 3. The van der Waals surface area contributed by atoms with Crippen LogP contribution in [-0.4, -0.2) is 20.2 Å². The molecule has 0 aliphatic heterocycles. The van der Waals surface area contributed by atoms with E-state index >= 15 is 0 Å². The molecule has 106 valence electrons. The lowest BCUT2D eigenvalue weighted by atomic mass is 10.1. The third-order valence-electron chi connectivity index (χ3n) is 3.39. The number of hydrogen-bond acceptors (Lipinski definition) is 4. The number of nitrogens with two attached hydrogens (primary N) is 1. The van der Waals surface area contributed by atoms with E-state index in [0.29, 0.717) is 11.5 Å². The summed E-state index contributed by atoms with van der Waals surface area (Å²) in [6.45, 7) is 2.06. The summed E-state index contributed by atoms with van der Waals surface area (Å²) in [5, 5.41) is 12.1. The van der Waals surface area contributed by atoms with Gasteiger partial charge in [-0.05, 0) is 47.2 Å². The van der Waals surface area contributed by atoms with Gasteiger partial charge in [0, 0.05) is 15.7 Å². The molecular formula is C15H14BrN5. The van der Waals surface area contributed by atoms with Gasteiger partial charge in [0.05, 0.1) is 6.04 Å². The van der Waals surface area contributed by atoms with Crippen LogP contribution in [0.4, 0.5) is 5.69 Å². The zero-order valence-electron chi connectivity index (χ0n) is 11.4. The first-order valence-electron chi connectivity index (χ1n) is 6.55. The topological polar surface area (TPSA) is 69.6 Å². The molecule has 1 aromatic heterocycles. The third-order valence-corrected chi connectivity index (χ3v) is 3.89. The van der Waals surface area contributed by atoms with E-state index < -0.39 is 0 Å². The number of para-hydroxylation sites is 1. The number of halogens is 1. The van der Waals surface area contributed by atoms with E-state index in [9.17, 15) is 0 Å². The van der Waals surface area contributed by atoms with Crippen LogP contribution >= 0.6 is 15.9 Å². The quantitative estimate of drug-likeness (QED) is 0.740. The monoisotopic (exact) mass is 343 g/mol. The minimum absolute atomic E-state index is 0.00658. The Bertz CT molecular complexity index is 768. The van der Waals surface area contributed by atoms with Gasteiger partial charge in [-0.15, -0.1) is 5.10 Å². The molecule has 2 N–H and O–H groups in total. The molecule has 0 amide bonds. The van der Waals surface area contributed by atoms with Gasteiger partial charge in [-0.2, -0.15) is 0 Å². The second-order valence-corrected chi connectivity index (χ2v) is 5.68. The first-order chi connectivity index (χ1) is 10.2. The van der Waals surface area contributed by atoms with Crippen LogP contribution in [0.2, 0.25) is 0 Å². The molecule has 3 aromatic rings. The van der Waals surface area contributed by atoms with Crippen molar-refractivity contribution in [3.05, 3.63) is 58.6 Å². The summed E-state index contributed by atoms with van der Waals surface area (Å²) in [7, 11) is 0. The average molecular weight is 344 g/mol. The highest BCUT2D eigenvalue weighted by molar-refractivity contribution is 9.10. The Morgan fingerprint density at radius 1 is 1.14 bits per heavy atom. The predicted molar refractivity (Wildman–Crippen MR) is 85.6 cm³/mol. The summed E-state index contributed by atoms with van der Waals surface area (Å²) in [6.07, 6.45) is 0. The van der Waals surface area contributed by atoms with Crippen molar-refractivity contribution in [2.75, 3.05) is 5.73 Å². The molecule has 1 atom stereocenters. The molecule has 3 rings (SSSR count). The molecule has 1 heterocycles. The predicted octanol–water partition coefficient (Wildman–Crippen LogP) is 3.29. The summed E-state index contributed by atoms with van der Waals surface area (Å²) in [5.74, 6) is 0.667. The van der Waals surface area contributed by atoms with Gasteiger partial charge in [-0.1, -0.05) is 40.2 Å². The SMILES string of the molecule is CC(c1cccc(Br)c1)n1nnnc1-c1ccccc1N. The van der Waals surface area contributed by atoms with Crippen LogP contribution < -0.4 is 5.73 Å². The summed E-state index contributed by atoms with van der Waals surface area (Å²) < 4.78 is 2.81. The van der Waals surface area contributed by atoms with E-state index in [4.69, 9.17) is 5.73 Å². The van der Waals surface area contributed by atoms with Crippen LogP contribution in [0, 0.1) is 0 Å². The summed E-state index contributed by atoms with van der Waals surface area (Å²) in [4.78, 5) is 0. The van der Waals surface area contributed by atoms with Gasteiger partial charge >= 0.3 is 0 Å². The Kier molecular flexibility index (Phi) is 3.70. The molecule has 0 spiro atoms. The number of benzene rings is 2. The molecular weight excluding hydrogens is 330 g/mol. The molecule has 0 saturated carbocycles. The van der Waals surface area contributed by atoms with Crippen molar-refractivity contribution in [3.8, 4) is 11.4 Å². The molecule has 0 aliphatic carbocycles. The number of nitrogen functional groups attached to an aromatic ring is 1. The summed E-state index contributed by atoms with van der Waals surface area (Å²) >= 11 is 3.49. The fraction of sp³-hybridized carbons (Fsp3) is 0.133. The molecule has 5 nitrogen and oxygen atoms in total. The Hall–Kier alpha value is -2.21. The standard InChI is InChI=1S/C15H14BrN5/c1-10(11-5-4-6-12(16)9-11)21-15(18-19-20-21)13-7-2-3-8-14(13)17/h2-10H,17H2,1H3. The molecule has 0 bridgehead atoms. The fourth-order valence-electron chi connectivity index (χ4n) is 2.24. The highest BCUT2D eigenvalue weighted by Gasteiger charge is 2.17. The van der Waals surface area contributed by atoms with Gasteiger partial charge in [0.1, 0.15) is 0 Å². The Labute approximate surface area is 130 Å². The van der Waals surface area contributed by atoms with E-state index in [0.717, 1.165) is 15.6 Å². The molecule has 1 unspecified atom stereocenters. The number of anilines is 1. The first-order valence-corrected chi connectivity index (χ1v) is 7.34. The Morgan fingerprint density at radius 3 is 2.71 bits per heavy atom. The van der Waals surface area contributed by atoms with Gasteiger partial charge in [-0.25, -0.2) is 4.68 Å². The molecule has 21 heavy (non-hydrogen) atoms. The Morgan fingerprint density at radius 2 is 1.95 bits per heavy atom. The largest absolute Gasteiger partial charge is 0.398 e. The van der Waals surface area contributed by atoms with Crippen molar-refractivity contribution in [1.29, 1.82) is 0 Å². The number of tetrazole rings is 1. The smallest absolute Gasteiger partial charge is 0.184 e. The van der Waals surface area contributed by atoms with Crippen LogP contribution in [-0.2, 0) is 0 Å². The van der Waals surface area contributed by atoms with E-state index in [2.05, 4.69) is 50.5 Å². The maximum absolute atomic E-state index is 6.03. The maximum atomic E-state index is 6.03. The molecule has 6 heteroatoms. The van der Waals surface area contributed by atoms with E-state index in [-0.39, 0.29) is 6.04 Å². The lowest BCUT2D eigenvalue weighted by Crippen LogP contribution is -2.11. The van der Waals surface area contributed by atoms with Gasteiger partial charge in [0.25, 0.3) is 0 Å². The lowest BCUT2D eigenvalue weighted by Gasteiger charge is -2.15. The van der Waals surface area contributed by atoms with Crippen molar-refractivity contribution in [2.24, 2.45) is 0 Å². The van der Waals surface area contributed by atoms with Crippen LogP contribution in [0.1, 0.15) is 18.5 Å². The lowest BCUT2D eigenvalue weighted by molar-refractivity contribution is 0.548. The van der Waals surface area contributed by atoms with Crippen molar-refractivity contribution in [1.82, 2.24) is 20.2 Å². The van der Waals surface area contributed by atoms with E-state index in [1.807, 2.05) is 36.4 Å². The van der Waals surface area contributed by atoms with Crippen molar-refractivity contribution in [2.45, 2.75) is 13.0 Å². The van der Waals surface area contributed by atoms with Crippen LogP contribution in [0.15, 0.2) is 53.0 Å². The van der Waals surface area contributed by atoms with Crippen LogP contribution in [0.25, 0.3) is 11.4 Å². The van der Waals surface area contributed by atoms with Gasteiger partial charge in [0.15, 0.2) is 5.82 Å². The summed E-state index contributed by atoms with van der Waals surface area (Å²) in [5.41, 5.74) is 8.64. The second-order valence-electron chi connectivity index (χ2n) is 4.77. The van der Waals surface area contributed by atoms with E-state index in [1.54, 1.807) is 4.68 Å². The third kappa shape index (κ3) is 2.67. The van der Waals surface area contributed by atoms with Crippen molar-refractivity contribution >= 4 is 21.6 Å². The highest BCUT2D eigenvalue weighted by atomic mass is 79.9. The zero-order chi connectivity index (χ0) is 14.8. The molecule has 0 aliphatic rings. The number of hydrogen-bond donors (Lipinski definition) is 1. The van der Waals surface area contributed by atoms with Crippen molar-refractivity contribution in [3.63, 3.8) is 0 Å². The van der Waals surface area contributed by atoms with Gasteiger partial charge in [0.2, 0.25) is 0 Å². The van der Waals surface area contributed by atoms with Crippen LogP contribution in [0.5, 0.6) is 0 Å². The van der Waals surface area contributed by atoms with Crippen LogP contribution in [0.3, 0.4) is 0 Å². The fourth-order valence-corrected chi connectivity index (χ4v) is 2.66.